The molecule has 0 aromatic carbocycles. The molecule has 0 aromatic rings. The third-order valence-corrected chi connectivity index (χ3v) is 0.721. The second-order valence-corrected chi connectivity index (χ2v) is 1.66. The summed E-state index contributed by atoms with van der Waals surface area (Å²) in [6.07, 6.45) is 2.85. The summed E-state index contributed by atoms with van der Waals surface area (Å²) in [7, 11) is 0. The molecule has 0 radical (unpaired) electrons. The van der Waals surface area contributed by atoms with Crippen LogP contribution in [0.4, 0.5) is 0 Å². The highest BCUT2D eigenvalue weighted by molar-refractivity contribution is 7.82. The lowest BCUT2D eigenvalue weighted by Gasteiger charge is -1.71. The van der Waals surface area contributed by atoms with Crippen molar-refractivity contribution in [3.63, 3.8) is 0 Å². The molecule has 0 bridgehead atoms. The lowest BCUT2D eigenvalue weighted by molar-refractivity contribution is 0.574. The van der Waals surface area contributed by atoms with Crippen molar-refractivity contribution in [1.29, 1.82) is 0 Å². The number of rotatable bonds is 2. The summed E-state index contributed by atoms with van der Waals surface area (Å²) in [5.74, 6) is 0. The van der Waals surface area contributed by atoms with Crippen LogP contribution in [0.25, 0.3) is 0 Å². The van der Waals surface area contributed by atoms with Gasteiger partial charge in [0.2, 0.25) is 0 Å². The van der Waals surface area contributed by atoms with Crippen LogP contribution in [0, 0.1) is 0 Å². The molecule has 0 heterocycles. The lowest BCUT2D eigenvalue weighted by atomic mass is 10.6. The van der Waals surface area contributed by atoms with Crippen molar-refractivity contribution in [2.75, 3.05) is 0 Å². The molecule has 0 amide bonds. The summed E-state index contributed by atoms with van der Waals surface area (Å²) in [6.45, 7) is 3.30. The molecule has 0 aliphatic carbocycles. The van der Waals surface area contributed by atoms with Crippen molar-refractivity contribution >= 4 is 11.1 Å². The van der Waals surface area contributed by atoms with E-state index in [9.17, 15) is 4.21 Å². The van der Waals surface area contributed by atoms with Crippen LogP contribution in [0.1, 0.15) is 0 Å². The highest BCUT2D eigenvalue weighted by Crippen LogP contribution is 1.75. The van der Waals surface area contributed by atoms with E-state index in [4.69, 9.17) is 4.55 Å². The van der Waals surface area contributed by atoms with Crippen molar-refractivity contribution in [3.8, 4) is 0 Å². The first-order chi connectivity index (χ1) is 3.27. The summed E-state index contributed by atoms with van der Waals surface area (Å²) < 4.78 is 17.8. The van der Waals surface area contributed by atoms with Crippen LogP contribution < -0.4 is 0 Å². The predicted molar refractivity (Wildman–Crippen MR) is 30.1 cm³/mol. The molecule has 3 heteroatoms. The van der Waals surface area contributed by atoms with E-state index in [0.29, 0.717) is 0 Å². The molecule has 7 heavy (non-hydrogen) atoms. The lowest BCUT2D eigenvalue weighted by Crippen LogP contribution is -1.73. The maximum Gasteiger partial charge on any atom is 0.178 e. The van der Waals surface area contributed by atoms with Crippen molar-refractivity contribution in [3.05, 3.63) is 24.1 Å². The number of hydrogen-bond acceptors (Lipinski definition) is 1. The summed E-state index contributed by atoms with van der Waals surface area (Å²) >= 11 is -1.82. The Morgan fingerprint density at radius 2 is 2.29 bits per heavy atom. The molecule has 0 saturated heterocycles. The molecule has 0 fully saturated rings. The van der Waals surface area contributed by atoms with Gasteiger partial charge >= 0.3 is 0 Å². The molecule has 1 unspecified atom stereocenters. The Bertz CT molecular complexity index is 106. The van der Waals surface area contributed by atoms with Gasteiger partial charge < -0.3 is 4.55 Å². The third kappa shape index (κ3) is 5.59. The van der Waals surface area contributed by atoms with E-state index in [2.05, 4.69) is 6.58 Å². The van der Waals surface area contributed by atoms with Crippen LogP contribution >= 0.6 is 0 Å². The van der Waals surface area contributed by atoms with E-state index in [1.165, 1.54) is 12.2 Å². The first-order valence-corrected chi connectivity index (χ1v) is 2.83. The molecule has 1 atom stereocenters. The zero-order valence-electron chi connectivity index (χ0n) is 3.70. The smallest absolute Gasteiger partial charge is 0.178 e. The maximum atomic E-state index is 9.73. The Balaban J connectivity index is 3.46. The van der Waals surface area contributed by atoms with E-state index >= 15 is 0 Å². The fourth-order valence-corrected chi connectivity index (χ4v) is 0.368. The Morgan fingerprint density at radius 3 is 2.43 bits per heavy atom. The zero-order valence-corrected chi connectivity index (χ0v) is 4.52. The highest BCUT2D eigenvalue weighted by Gasteiger charge is 1.73. The minimum atomic E-state index is -1.82. The fraction of sp³-hybridized carbons (Fsp3) is 0. The Morgan fingerprint density at radius 1 is 1.71 bits per heavy atom. The average Bonchev–Trinajstić information content (AvgIpc) is 1.61. The monoisotopic (exact) mass is 118 g/mol. The second-order valence-electron chi connectivity index (χ2n) is 0.840. The predicted octanol–water partition coefficient (Wildman–Crippen LogP) is 0.908. The van der Waals surface area contributed by atoms with Gasteiger partial charge in [-0.2, -0.15) is 0 Å². The van der Waals surface area contributed by atoms with Crippen LogP contribution in [-0.2, 0) is 11.1 Å². The zero-order chi connectivity index (χ0) is 5.70. The molecule has 40 valence electrons. The largest absolute Gasteiger partial charge is 0.303 e. The number of hydrogen-bond donors (Lipinski definition) is 1. The quantitative estimate of drug-likeness (QED) is 0.432. The molecule has 0 aliphatic heterocycles. The first kappa shape index (κ1) is 6.59. The highest BCUT2D eigenvalue weighted by atomic mass is 32.2. The molecule has 2 nitrogen and oxygen atoms in total. The van der Waals surface area contributed by atoms with Gasteiger partial charge in [-0.1, -0.05) is 18.7 Å². The van der Waals surface area contributed by atoms with Gasteiger partial charge in [0.25, 0.3) is 0 Å². The van der Waals surface area contributed by atoms with Crippen LogP contribution in [0.15, 0.2) is 24.1 Å². The van der Waals surface area contributed by atoms with Gasteiger partial charge in [0.1, 0.15) is 0 Å². The van der Waals surface area contributed by atoms with Crippen LogP contribution in [0.2, 0.25) is 0 Å². The molecule has 0 aliphatic rings. The Labute approximate surface area is 44.8 Å². The molecular formula is C4H6O2S. The second kappa shape index (κ2) is 3.77. The first-order valence-electron chi connectivity index (χ1n) is 1.66. The number of allylic oxidation sites excluding steroid dienone is 2. The van der Waals surface area contributed by atoms with E-state index in [1.807, 2.05) is 0 Å². The van der Waals surface area contributed by atoms with Crippen LogP contribution in [-0.4, -0.2) is 8.76 Å². The van der Waals surface area contributed by atoms with Gasteiger partial charge in [-0.15, -0.1) is 0 Å². The molecule has 0 rings (SSSR count). The fourth-order valence-electron chi connectivity index (χ4n) is 0.123. The third-order valence-electron chi connectivity index (χ3n) is 0.331. The van der Waals surface area contributed by atoms with Gasteiger partial charge in [-0.25, -0.2) is 4.21 Å². The van der Waals surface area contributed by atoms with Gasteiger partial charge in [0, 0.05) is 5.41 Å². The summed E-state index contributed by atoms with van der Waals surface area (Å²) in [4.78, 5) is 0. The Hall–Kier alpha value is -0.410. The van der Waals surface area contributed by atoms with Crippen molar-refractivity contribution in [2.45, 2.75) is 0 Å². The van der Waals surface area contributed by atoms with Crippen molar-refractivity contribution in [1.82, 2.24) is 0 Å². The van der Waals surface area contributed by atoms with Crippen LogP contribution in [0.3, 0.4) is 0 Å². The van der Waals surface area contributed by atoms with Gasteiger partial charge in [0.15, 0.2) is 11.1 Å². The van der Waals surface area contributed by atoms with Crippen molar-refractivity contribution < 1.29 is 8.76 Å². The van der Waals surface area contributed by atoms with Gasteiger partial charge in [-0.3, -0.25) is 0 Å². The van der Waals surface area contributed by atoms with E-state index in [-0.39, 0.29) is 0 Å². The van der Waals surface area contributed by atoms with E-state index < -0.39 is 11.1 Å². The minimum Gasteiger partial charge on any atom is -0.303 e. The molecule has 0 spiro atoms. The minimum absolute atomic E-state index is 1.13. The molecular weight excluding hydrogens is 112 g/mol. The average molecular weight is 118 g/mol. The maximum absolute atomic E-state index is 9.73. The summed E-state index contributed by atoms with van der Waals surface area (Å²) in [5, 5.41) is 1.13. The molecule has 0 saturated carbocycles. The van der Waals surface area contributed by atoms with Gasteiger partial charge in [0.05, 0.1) is 0 Å². The van der Waals surface area contributed by atoms with E-state index in [0.717, 1.165) is 5.41 Å². The molecule has 0 aromatic heterocycles. The summed E-state index contributed by atoms with van der Waals surface area (Å²) in [6, 6.07) is 0. The molecule has 1 N–H and O–H groups in total. The van der Waals surface area contributed by atoms with E-state index in [1.54, 1.807) is 0 Å². The van der Waals surface area contributed by atoms with Crippen molar-refractivity contribution in [2.24, 2.45) is 0 Å². The van der Waals surface area contributed by atoms with Crippen LogP contribution in [0.5, 0.6) is 0 Å². The van der Waals surface area contributed by atoms with Gasteiger partial charge in [-0.05, 0) is 0 Å². The topological polar surface area (TPSA) is 37.3 Å². The standard InChI is InChI=1S/C4H6O2S/c1-2-3-4-7(5)6/h2-4H,1H2,(H,5,6)/b4-3+. The SMILES string of the molecule is C=C/C=C/S(=O)O. The Kier molecular flexibility index (Phi) is 3.55. The normalized spacial score (nSPS) is 14.4. The summed E-state index contributed by atoms with van der Waals surface area (Å²) in [5.41, 5.74) is 0.